The topological polar surface area (TPSA) is 73.0 Å². The number of hydrogen-bond acceptors (Lipinski definition) is 4. The molecular weight excluding hydrogens is 316 g/mol. The second-order valence-electron chi connectivity index (χ2n) is 5.76. The second-order valence-corrected chi connectivity index (χ2v) is 7.90. The van der Waals surface area contributed by atoms with Gasteiger partial charge in [-0.15, -0.1) is 0 Å². The summed E-state index contributed by atoms with van der Waals surface area (Å²) in [4.78, 5) is 14.3. The van der Waals surface area contributed by atoms with Gasteiger partial charge in [-0.2, -0.15) is 17.0 Å². The van der Waals surface area contributed by atoms with Crippen molar-refractivity contribution in [2.24, 2.45) is 0 Å². The minimum atomic E-state index is -3.38. The first-order valence-electron chi connectivity index (χ1n) is 7.60. The van der Waals surface area contributed by atoms with Crippen LogP contribution in [0.5, 0.6) is 0 Å². The number of nitrogens with zero attached hydrogens (tertiary/aromatic N) is 3. The van der Waals surface area contributed by atoms with E-state index in [4.69, 9.17) is 0 Å². The van der Waals surface area contributed by atoms with Crippen LogP contribution in [0.1, 0.15) is 6.92 Å². The SMILES string of the molecule is CC(C(=O)Nc1ccccc1)N1CCN(S(=O)(=O)N(C)C)CC1. The predicted octanol–water partition coefficient (Wildman–Crippen LogP) is 0.438. The standard InChI is InChI=1S/C15H24N4O3S/c1-13(15(20)16-14-7-5-4-6-8-14)18-9-11-19(12-10-18)23(21,22)17(2)3/h4-8,13H,9-12H2,1-3H3,(H,16,20). The van der Waals surface area contributed by atoms with Crippen molar-refractivity contribution in [3.05, 3.63) is 30.3 Å². The Kier molecular flexibility index (Phi) is 5.74. The van der Waals surface area contributed by atoms with E-state index in [0.717, 1.165) is 5.69 Å². The molecule has 7 nitrogen and oxygen atoms in total. The summed E-state index contributed by atoms with van der Waals surface area (Å²) in [5.74, 6) is -0.0832. The molecule has 0 aromatic heterocycles. The lowest BCUT2D eigenvalue weighted by atomic mass is 10.2. The molecule has 1 aliphatic rings. The molecule has 0 radical (unpaired) electrons. The Morgan fingerprint density at radius 3 is 2.22 bits per heavy atom. The molecule has 0 spiro atoms. The molecule has 1 heterocycles. The summed E-state index contributed by atoms with van der Waals surface area (Å²) in [6.07, 6.45) is 0. The number of nitrogens with one attached hydrogen (secondary N) is 1. The molecule has 128 valence electrons. The number of amides is 1. The van der Waals surface area contributed by atoms with E-state index in [1.165, 1.54) is 22.7 Å². The second kappa shape index (κ2) is 7.39. The summed E-state index contributed by atoms with van der Waals surface area (Å²) in [5, 5.41) is 2.88. The van der Waals surface area contributed by atoms with E-state index in [1.54, 1.807) is 0 Å². The fourth-order valence-electron chi connectivity index (χ4n) is 2.49. The molecule has 0 aliphatic carbocycles. The van der Waals surface area contributed by atoms with Gasteiger partial charge < -0.3 is 5.32 Å². The molecular formula is C15H24N4O3S. The zero-order chi connectivity index (χ0) is 17.0. The third kappa shape index (κ3) is 4.29. The maximum atomic E-state index is 12.3. The van der Waals surface area contributed by atoms with E-state index in [1.807, 2.05) is 42.2 Å². The van der Waals surface area contributed by atoms with E-state index < -0.39 is 10.2 Å². The molecule has 2 rings (SSSR count). The van der Waals surface area contributed by atoms with Crippen LogP contribution < -0.4 is 5.32 Å². The van der Waals surface area contributed by atoms with Crippen LogP contribution in [0.4, 0.5) is 5.69 Å². The largest absolute Gasteiger partial charge is 0.325 e. The zero-order valence-electron chi connectivity index (χ0n) is 13.8. The number of anilines is 1. The molecule has 1 aromatic rings. The van der Waals surface area contributed by atoms with Gasteiger partial charge in [-0.05, 0) is 19.1 Å². The maximum Gasteiger partial charge on any atom is 0.281 e. The van der Waals surface area contributed by atoms with E-state index in [0.29, 0.717) is 26.2 Å². The Morgan fingerprint density at radius 2 is 1.70 bits per heavy atom. The van der Waals surface area contributed by atoms with Gasteiger partial charge >= 0.3 is 0 Å². The van der Waals surface area contributed by atoms with E-state index >= 15 is 0 Å². The lowest BCUT2D eigenvalue weighted by molar-refractivity contribution is -0.121. The van der Waals surface area contributed by atoms with Crippen molar-refractivity contribution in [1.29, 1.82) is 0 Å². The van der Waals surface area contributed by atoms with Gasteiger partial charge in [0.2, 0.25) is 5.91 Å². The van der Waals surface area contributed by atoms with Gasteiger partial charge in [0.05, 0.1) is 6.04 Å². The van der Waals surface area contributed by atoms with Crippen molar-refractivity contribution in [3.8, 4) is 0 Å². The average molecular weight is 340 g/mol. The van der Waals surface area contributed by atoms with E-state index in [9.17, 15) is 13.2 Å². The third-order valence-corrected chi connectivity index (χ3v) is 5.97. The molecule has 8 heteroatoms. The van der Waals surface area contributed by atoms with Crippen LogP contribution in [0, 0.1) is 0 Å². The molecule has 0 saturated carbocycles. The highest BCUT2D eigenvalue weighted by Gasteiger charge is 2.31. The number of para-hydroxylation sites is 1. The fraction of sp³-hybridized carbons (Fsp3) is 0.533. The molecule has 1 amide bonds. The van der Waals surface area contributed by atoms with Gasteiger partial charge in [0, 0.05) is 46.0 Å². The maximum absolute atomic E-state index is 12.3. The van der Waals surface area contributed by atoms with Gasteiger partial charge in [-0.3, -0.25) is 9.69 Å². The summed E-state index contributed by atoms with van der Waals surface area (Å²) in [6, 6.07) is 9.00. The van der Waals surface area contributed by atoms with Crippen molar-refractivity contribution >= 4 is 21.8 Å². The van der Waals surface area contributed by atoms with Crippen LogP contribution in [-0.2, 0) is 15.0 Å². The third-order valence-electron chi connectivity index (χ3n) is 4.03. The lowest BCUT2D eigenvalue weighted by Gasteiger charge is -2.37. The molecule has 1 saturated heterocycles. The first-order valence-corrected chi connectivity index (χ1v) is 8.99. The number of rotatable bonds is 5. The Morgan fingerprint density at radius 1 is 1.13 bits per heavy atom. The van der Waals surface area contributed by atoms with Crippen LogP contribution in [0.3, 0.4) is 0 Å². The van der Waals surface area contributed by atoms with Crippen LogP contribution >= 0.6 is 0 Å². The Balaban J connectivity index is 1.91. The number of benzene rings is 1. The fourth-order valence-corrected chi connectivity index (χ4v) is 3.57. The molecule has 1 N–H and O–H groups in total. The highest BCUT2D eigenvalue weighted by molar-refractivity contribution is 7.86. The lowest BCUT2D eigenvalue weighted by Crippen LogP contribution is -2.55. The van der Waals surface area contributed by atoms with Gasteiger partial charge in [0.25, 0.3) is 10.2 Å². The smallest absolute Gasteiger partial charge is 0.281 e. The Hall–Kier alpha value is -1.48. The first kappa shape index (κ1) is 17.9. The van der Waals surface area contributed by atoms with Crippen LogP contribution in [-0.4, -0.2) is 74.2 Å². The average Bonchev–Trinajstić information content (AvgIpc) is 2.55. The Bertz CT molecular complexity index is 625. The molecule has 23 heavy (non-hydrogen) atoms. The Labute approximate surface area is 138 Å². The summed E-state index contributed by atoms with van der Waals surface area (Å²) in [6.45, 7) is 3.70. The number of carbonyl (C=O) groups is 1. The normalized spacial score (nSPS) is 18.8. The number of carbonyl (C=O) groups excluding carboxylic acids is 1. The summed E-state index contributed by atoms with van der Waals surface area (Å²) < 4.78 is 26.8. The minimum absolute atomic E-state index is 0.0832. The summed E-state index contributed by atoms with van der Waals surface area (Å²) in [5.41, 5.74) is 0.762. The molecule has 1 atom stereocenters. The quantitative estimate of drug-likeness (QED) is 0.844. The molecule has 1 aliphatic heterocycles. The molecule has 0 bridgehead atoms. The van der Waals surface area contributed by atoms with Crippen LogP contribution in [0.2, 0.25) is 0 Å². The molecule has 1 aromatic carbocycles. The number of hydrogen-bond donors (Lipinski definition) is 1. The number of piperazine rings is 1. The predicted molar refractivity (Wildman–Crippen MR) is 90.3 cm³/mol. The first-order chi connectivity index (χ1) is 10.8. The van der Waals surface area contributed by atoms with Gasteiger partial charge in [0.1, 0.15) is 0 Å². The molecule has 1 fully saturated rings. The van der Waals surface area contributed by atoms with Crippen LogP contribution in [0.15, 0.2) is 30.3 Å². The van der Waals surface area contributed by atoms with Crippen LogP contribution in [0.25, 0.3) is 0 Å². The van der Waals surface area contributed by atoms with Crippen molar-refractivity contribution in [2.45, 2.75) is 13.0 Å². The summed E-state index contributed by atoms with van der Waals surface area (Å²) >= 11 is 0. The minimum Gasteiger partial charge on any atom is -0.325 e. The summed E-state index contributed by atoms with van der Waals surface area (Å²) in [7, 11) is -0.328. The zero-order valence-corrected chi connectivity index (χ0v) is 14.6. The van der Waals surface area contributed by atoms with Crippen molar-refractivity contribution < 1.29 is 13.2 Å². The van der Waals surface area contributed by atoms with Gasteiger partial charge in [0.15, 0.2) is 0 Å². The monoisotopic (exact) mass is 340 g/mol. The molecule has 1 unspecified atom stereocenters. The van der Waals surface area contributed by atoms with E-state index in [-0.39, 0.29) is 11.9 Å². The van der Waals surface area contributed by atoms with Crippen molar-refractivity contribution in [2.75, 3.05) is 45.6 Å². The highest BCUT2D eigenvalue weighted by atomic mass is 32.2. The van der Waals surface area contributed by atoms with Crippen molar-refractivity contribution in [1.82, 2.24) is 13.5 Å². The van der Waals surface area contributed by atoms with Gasteiger partial charge in [-0.1, -0.05) is 18.2 Å². The van der Waals surface area contributed by atoms with E-state index in [2.05, 4.69) is 5.32 Å². The van der Waals surface area contributed by atoms with Crippen molar-refractivity contribution in [3.63, 3.8) is 0 Å². The van der Waals surface area contributed by atoms with Gasteiger partial charge in [-0.25, -0.2) is 0 Å². The highest BCUT2D eigenvalue weighted by Crippen LogP contribution is 2.13.